The van der Waals surface area contributed by atoms with E-state index in [1.807, 2.05) is 6.92 Å². The molecular weight excluding hydrogens is 485 g/mol. The number of phenolic OH excluding ortho intramolecular Hbond substituents is 1. The van der Waals surface area contributed by atoms with E-state index in [9.17, 15) is 23.1 Å². The first-order valence-electron chi connectivity index (χ1n) is 8.71. The average Bonchev–Trinajstić information content (AvgIpc) is 3.10. The van der Waals surface area contributed by atoms with Crippen LogP contribution in [0, 0.1) is 0 Å². The number of benzene rings is 2. The molecular formula is C19H16BrF3N4O2S. The van der Waals surface area contributed by atoms with Gasteiger partial charge in [-0.2, -0.15) is 13.2 Å². The third-order valence-electron chi connectivity index (χ3n) is 4.04. The first-order chi connectivity index (χ1) is 14.2. The maximum atomic E-state index is 12.8. The number of carbonyl (C=O) groups excluding carboxylic acids is 1. The molecule has 3 rings (SSSR count). The van der Waals surface area contributed by atoms with E-state index in [1.165, 1.54) is 18.2 Å². The fraction of sp³-hybridized carbons (Fsp3) is 0.211. The number of halogens is 4. The summed E-state index contributed by atoms with van der Waals surface area (Å²) in [5.41, 5.74) is -0.289. The van der Waals surface area contributed by atoms with Gasteiger partial charge in [0.1, 0.15) is 5.75 Å². The minimum Gasteiger partial charge on any atom is -0.507 e. The number of thioether (sulfide) groups is 1. The number of aromatic hydroxyl groups is 1. The Morgan fingerprint density at radius 2 is 2.00 bits per heavy atom. The molecule has 11 heteroatoms. The molecule has 30 heavy (non-hydrogen) atoms. The van der Waals surface area contributed by atoms with Crippen molar-refractivity contribution in [3.63, 3.8) is 0 Å². The van der Waals surface area contributed by atoms with E-state index >= 15 is 0 Å². The van der Waals surface area contributed by atoms with Gasteiger partial charge in [0.25, 0.3) is 0 Å². The molecule has 1 amide bonds. The number of nitrogens with zero attached hydrogens (tertiary/aromatic N) is 3. The molecule has 0 radical (unpaired) electrons. The van der Waals surface area contributed by atoms with Gasteiger partial charge in [0.2, 0.25) is 5.91 Å². The standard InChI is InChI=1S/C19H16BrF3N4O2S/c1-2-27-17(14-9-12(20)6-7-15(14)28)25-26-18(27)30-10-16(29)24-13-5-3-4-11(8-13)19(21,22)23/h3-9,28H,2,10H2,1H3,(H,24,29). The van der Waals surface area contributed by atoms with Gasteiger partial charge < -0.3 is 15.0 Å². The van der Waals surface area contributed by atoms with Crippen molar-refractivity contribution in [3.05, 3.63) is 52.5 Å². The summed E-state index contributed by atoms with van der Waals surface area (Å²) in [5, 5.41) is 21.2. The molecule has 0 saturated carbocycles. The predicted molar refractivity (Wildman–Crippen MR) is 111 cm³/mol. The highest BCUT2D eigenvalue weighted by Gasteiger charge is 2.30. The number of anilines is 1. The second-order valence-corrected chi connectivity index (χ2v) is 7.99. The maximum absolute atomic E-state index is 12.8. The SMILES string of the molecule is CCn1c(SCC(=O)Nc2cccc(C(F)(F)F)c2)nnc1-c1cc(Br)ccc1O. The molecule has 2 N–H and O–H groups in total. The van der Waals surface area contributed by atoms with E-state index in [-0.39, 0.29) is 17.2 Å². The first-order valence-corrected chi connectivity index (χ1v) is 10.5. The molecule has 1 aromatic heterocycles. The molecule has 0 aliphatic heterocycles. The van der Waals surface area contributed by atoms with Crippen LogP contribution in [0.4, 0.5) is 18.9 Å². The lowest BCUT2D eigenvalue weighted by molar-refractivity contribution is -0.137. The van der Waals surface area contributed by atoms with Crippen molar-refractivity contribution < 1.29 is 23.1 Å². The smallest absolute Gasteiger partial charge is 0.416 e. The van der Waals surface area contributed by atoms with E-state index in [1.54, 1.807) is 16.7 Å². The summed E-state index contributed by atoms with van der Waals surface area (Å²) in [6, 6.07) is 9.37. The third kappa shape index (κ3) is 5.14. The number of rotatable bonds is 6. The van der Waals surface area contributed by atoms with Crippen LogP contribution in [0.3, 0.4) is 0 Å². The van der Waals surface area contributed by atoms with Gasteiger partial charge in [-0.3, -0.25) is 4.79 Å². The Labute approximate surface area is 182 Å². The number of amides is 1. The lowest BCUT2D eigenvalue weighted by atomic mass is 10.2. The number of aromatic nitrogens is 3. The van der Waals surface area contributed by atoms with Gasteiger partial charge >= 0.3 is 6.18 Å². The molecule has 0 aliphatic carbocycles. The van der Waals surface area contributed by atoms with Crippen LogP contribution in [0.25, 0.3) is 11.4 Å². The Balaban J connectivity index is 1.71. The summed E-state index contributed by atoms with van der Waals surface area (Å²) in [7, 11) is 0. The Kier molecular flexibility index (Phi) is 6.71. The van der Waals surface area contributed by atoms with Crippen LogP contribution in [0.5, 0.6) is 5.75 Å². The topological polar surface area (TPSA) is 80.0 Å². The Bertz CT molecular complexity index is 1070. The van der Waals surface area contributed by atoms with Crippen LogP contribution in [-0.4, -0.2) is 31.5 Å². The number of carbonyl (C=O) groups is 1. The van der Waals surface area contributed by atoms with E-state index < -0.39 is 17.6 Å². The Morgan fingerprint density at radius 1 is 1.23 bits per heavy atom. The normalized spacial score (nSPS) is 11.5. The molecule has 0 bridgehead atoms. The van der Waals surface area contributed by atoms with Crippen LogP contribution in [-0.2, 0) is 17.5 Å². The molecule has 0 saturated heterocycles. The summed E-state index contributed by atoms with van der Waals surface area (Å²) < 4.78 is 40.9. The van der Waals surface area contributed by atoms with Gasteiger partial charge in [-0.15, -0.1) is 10.2 Å². The highest BCUT2D eigenvalue weighted by atomic mass is 79.9. The second-order valence-electron chi connectivity index (χ2n) is 6.13. The molecule has 0 atom stereocenters. The molecule has 6 nitrogen and oxygen atoms in total. The lowest BCUT2D eigenvalue weighted by Gasteiger charge is -2.10. The van der Waals surface area contributed by atoms with Gasteiger partial charge in [0.05, 0.1) is 16.9 Å². The average molecular weight is 501 g/mol. The van der Waals surface area contributed by atoms with Crippen LogP contribution in [0.15, 0.2) is 52.1 Å². The van der Waals surface area contributed by atoms with Crippen molar-refractivity contribution in [3.8, 4) is 17.1 Å². The van der Waals surface area contributed by atoms with E-state index in [2.05, 4.69) is 31.4 Å². The molecule has 0 unspecified atom stereocenters. The summed E-state index contributed by atoms with van der Waals surface area (Å²) in [4.78, 5) is 12.2. The fourth-order valence-electron chi connectivity index (χ4n) is 2.67. The molecule has 3 aromatic rings. The predicted octanol–water partition coefficient (Wildman–Crippen LogP) is 5.18. The van der Waals surface area contributed by atoms with Crippen molar-refractivity contribution in [1.29, 1.82) is 0 Å². The highest BCUT2D eigenvalue weighted by molar-refractivity contribution is 9.10. The number of alkyl halides is 3. The quantitative estimate of drug-likeness (QED) is 0.455. The van der Waals surface area contributed by atoms with Gasteiger partial charge in [-0.1, -0.05) is 33.8 Å². The van der Waals surface area contributed by atoms with Gasteiger partial charge in [0, 0.05) is 16.7 Å². The molecule has 158 valence electrons. The number of hydrogen-bond acceptors (Lipinski definition) is 5. The van der Waals surface area contributed by atoms with Crippen LogP contribution in [0.1, 0.15) is 12.5 Å². The van der Waals surface area contributed by atoms with Crippen LogP contribution in [0.2, 0.25) is 0 Å². The maximum Gasteiger partial charge on any atom is 0.416 e. The zero-order chi connectivity index (χ0) is 21.9. The molecule has 0 aliphatic rings. The summed E-state index contributed by atoms with van der Waals surface area (Å²) in [5.74, 6) is -0.0631. The Morgan fingerprint density at radius 3 is 2.70 bits per heavy atom. The molecule has 0 spiro atoms. The minimum absolute atomic E-state index is 0.0409. The number of phenols is 1. The number of hydrogen-bond donors (Lipinski definition) is 2. The van der Waals surface area contributed by atoms with Gasteiger partial charge in [0.15, 0.2) is 11.0 Å². The highest BCUT2D eigenvalue weighted by Crippen LogP contribution is 2.33. The summed E-state index contributed by atoms with van der Waals surface area (Å²) >= 11 is 4.44. The fourth-order valence-corrected chi connectivity index (χ4v) is 3.83. The molecule has 2 aromatic carbocycles. The monoisotopic (exact) mass is 500 g/mol. The summed E-state index contributed by atoms with van der Waals surface area (Å²) in [6.07, 6.45) is -4.48. The van der Waals surface area contributed by atoms with E-state index in [0.29, 0.717) is 23.1 Å². The van der Waals surface area contributed by atoms with Crippen molar-refractivity contribution >= 4 is 39.3 Å². The molecule has 1 heterocycles. The van der Waals surface area contributed by atoms with Crippen molar-refractivity contribution in [2.75, 3.05) is 11.1 Å². The number of nitrogens with one attached hydrogen (secondary N) is 1. The van der Waals surface area contributed by atoms with E-state index in [0.717, 1.165) is 28.4 Å². The Hall–Kier alpha value is -2.53. The van der Waals surface area contributed by atoms with Crippen molar-refractivity contribution in [1.82, 2.24) is 14.8 Å². The second kappa shape index (κ2) is 9.09. The van der Waals surface area contributed by atoms with Gasteiger partial charge in [-0.25, -0.2) is 0 Å². The first kappa shape index (κ1) is 22.2. The van der Waals surface area contributed by atoms with Crippen LogP contribution >= 0.6 is 27.7 Å². The third-order valence-corrected chi connectivity index (χ3v) is 5.50. The molecule has 0 fully saturated rings. The van der Waals surface area contributed by atoms with E-state index in [4.69, 9.17) is 0 Å². The minimum atomic E-state index is -4.48. The van der Waals surface area contributed by atoms with Crippen molar-refractivity contribution in [2.45, 2.75) is 24.8 Å². The zero-order valence-corrected chi connectivity index (χ0v) is 18.0. The zero-order valence-electron chi connectivity index (χ0n) is 15.6. The lowest BCUT2D eigenvalue weighted by Crippen LogP contribution is -2.15. The van der Waals surface area contributed by atoms with Crippen molar-refractivity contribution in [2.24, 2.45) is 0 Å². The summed E-state index contributed by atoms with van der Waals surface area (Å²) in [6.45, 7) is 2.36. The van der Waals surface area contributed by atoms with Crippen LogP contribution < -0.4 is 5.32 Å². The van der Waals surface area contributed by atoms with Gasteiger partial charge in [-0.05, 0) is 43.3 Å². The largest absolute Gasteiger partial charge is 0.507 e.